The maximum Gasteiger partial charge on any atom is 0.325 e. The standard InChI is InChI=1S/C17H22ClN3O3/c1-10(2)8-17(4)15(23)21(16(24)20-17)9-14(22)19-12-6-5-11(3)13(18)7-12/h5-7,10H,8-9H2,1-4H3,(H,19,22)(H,20,24). The van der Waals surface area contributed by atoms with Crippen LogP contribution in [0.4, 0.5) is 10.5 Å². The van der Waals surface area contributed by atoms with Crippen LogP contribution in [0.15, 0.2) is 18.2 Å². The van der Waals surface area contributed by atoms with E-state index in [4.69, 9.17) is 11.6 Å². The van der Waals surface area contributed by atoms with E-state index in [0.29, 0.717) is 17.1 Å². The first-order valence-corrected chi connectivity index (χ1v) is 8.20. The molecule has 7 heteroatoms. The van der Waals surface area contributed by atoms with Gasteiger partial charge in [0.1, 0.15) is 12.1 Å². The van der Waals surface area contributed by atoms with Crippen molar-refractivity contribution in [2.45, 2.75) is 39.7 Å². The molecular formula is C17H22ClN3O3. The van der Waals surface area contributed by atoms with Gasteiger partial charge in [0, 0.05) is 10.7 Å². The quantitative estimate of drug-likeness (QED) is 0.800. The van der Waals surface area contributed by atoms with Gasteiger partial charge in [0.05, 0.1) is 0 Å². The largest absolute Gasteiger partial charge is 0.325 e. The summed E-state index contributed by atoms with van der Waals surface area (Å²) >= 11 is 6.02. The number of amides is 4. The van der Waals surface area contributed by atoms with Crippen molar-refractivity contribution in [3.05, 3.63) is 28.8 Å². The number of halogens is 1. The first kappa shape index (κ1) is 18.3. The van der Waals surface area contributed by atoms with Crippen LogP contribution in [0.25, 0.3) is 0 Å². The van der Waals surface area contributed by atoms with Gasteiger partial charge in [0.2, 0.25) is 5.91 Å². The van der Waals surface area contributed by atoms with E-state index in [-0.39, 0.29) is 18.4 Å². The van der Waals surface area contributed by atoms with E-state index >= 15 is 0 Å². The molecule has 0 spiro atoms. The fourth-order valence-corrected chi connectivity index (χ4v) is 3.04. The maximum absolute atomic E-state index is 12.5. The number of hydrogen-bond acceptors (Lipinski definition) is 3. The van der Waals surface area contributed by atoms with Crippen molar-refractivity contribution in [2.75, 3.05) is 11.9 Å². The van der Waals surface area contributed by atoms with Crippen molar-refractivity contribution in [1.82, 2.24) is 10.2 Å². The van der Waals surface area contributed by atoms with Crippen molar-refractivity contribution in [2.24, 2.45) is 5.92 Å². The number of aryl methyl sites for hydroxylation is 1. The van der Waals surface area contributed by atoms with Crippen LogP contribution >= 0.6 is 11.6 Å². The Hall–Kier alpha value is -2.08. The highest BCUT2D eigenvalue weighted by molar-refractivity contribution is 6.31. The average Bonchev–Trinajstić information content (AvgIpc) is 2.65. The number of benzene rings is 1. The Labute approximate surface area is 146 Å². The molecule has 1 saturated heterocycles. The van der Waals surface area contributed by atoms with Gasteiger partial charge in [-0.2, -0.15) is 0 Å². The Morgan fingerprint density at radius 3 is 2.62 bits per heavy atom. The topological polar surface area (TPSA) is 78.5 Å². The third-order valence-electron chi connectivity index (χ3n) is 3.92. The van der Waals surface area contributed by atoms with E-state index < -0.39 is 17.5 Å². The molecule has 4 amide bonds. The van der Waals surface area contributed by atoms with Gasteiger partial charge in [-0.3, -0.25) is 14.5 Å². The Morgan fingerprint density at radius 1 is 1.38 bits per heavy atom. The normalized spacial score (nSPS) is 20.5. The third kappa shape index (κ3) is 3.87. The van der Waals surface area contributed by atoms with E-state index in [1.807, 2.05) is 20.8 Å². The number of nitrogens with one attached hydrogen (secondary N) is 2. The van der Waals surface area contributed by atoms with Gasteiger partial charge >= 0.3 is 6.03 Å². The highest BCUT2D eigenvalue weighted by Gasteiger charge is 2.48. The second-order valence-corrected chi connectivity index (χ2v) is 7.17. The van der Waals surface area contributed by atoms with Crippen LogP contribution in [0.1, 0.15) is 32.8 Å². The summed E-state index contributed by atoms with van der Waals surface area (Å²) in [6, 6.07) is 4.59. The minimum atomic E-state index is -0.960. The Kier molecular flexibility index (Phi) is 5.18. The number of imide groups is 1. The Balaban J connectivity index is 2.04. The first-order valence-electron chi connectivity index (χ1n) is 7.82. The summed E-state index contributed by atoms with van der Waals surface area (Å²) in [5, 5.41) is 5.87. The van der Waals surface area contributed by atoms with Crippen LogP contribution in [0.3, 0.4) is 0 Å². The summed E-state index contributed by atoms with van der Waals surface area (Å²) in [6.07, 6.45) is 0.517. The van der Waals surface area contributed by atoms with E-state index in [0.717, 1.165) is 10.5 Å². The zero-order valence-corrected chi connectivity index (χ0v) is 15.0. The highest BCUT2D eigenvalue weighted by Crippen LogP contribution is 2.25. The molecule has 0 saturated carbocycles. The van der Waals surface area contributed by atoms with Crippen LogP contribution in [-0.2, 0) is 9.59 Å². The lowest BCUT2D eigenvalue weighted by Gasteiger charge is -2.23. The molecule has 0 radical (unpaired) electrons. The minimum absolute atomic E-state index is 0.239. The molecule has 1 fully saturated rings. The lowest BCUT2D eigenvalue weighted by Crippen LogP contribution is -2.45. The molecule has 6 nitrogen and oxygen atoms in total. The molecule has 1 aliphatic rings. The second-order valence-electron chi connectivity index (χ2n) is 6.76. The summed E-state index contributed by atoms with van der Waals surface area (Å²) in [5.74, 6) is -0.590. The van der Waals surface area contributed by atoms with Crippen LogP contribution in [-0.4, -0.2) is 34.8 Å². The maximum atomic E-state index is 12.5. The number of anilines is 1. The third-order valence-corrected chi connectivity index (χ3v) is 4.33. The molecule has 1 heterocycles. The number of urea groups is 1. The van der Waals surface area contributed by atoms with Crippen LogP contribution in [0, 0.1) is 12.8 Å². The van der Waals surface area contributed by atoms with Gasteiger partial charge in [0.15, 0.2) is 0 Å². The molecule has 24 heavy (non-hydrogen) atoms. The Bertz CT molecular complexity index is 690. The van der Waals surface area contributed by atoms with Gasteiger partial charge in [0.25, 0.3) is 5.91 Å². The number of rotatable bonds is 5. The molecule has 130 valence electrons. The van der Waals surface area contributed by atoms with E-state index in [9.17, 15) is 14.4 Å². The average molecular weight is 352 g/mol. The molecule has 0 aliphatic carbocycles. The fraction of sp³-hybridized carbons (Fsp3) is 0.471. The highest BCUT2D eigenvalue weighted by atomic mass is 35.5. The molecular weight excluding hydrogens is 330 g/mol. The van der Waals surface area contributed by atoms with Crippen LogP contribution in [0.5, 0.6) is 0 Å². The molecule has 2 N–H and O–H groups in total. The van der Waals surface area contributed by atoms with Crippen molar-refractivity contribution in [1.29, 1.82) is 0 Å². The second kappa shape index (κ2) is 6.81. The summed E-state index contributed by atoms with van der Waals surface area (Å²) in [7, 11) is 0. The molecule has 1 atom stereocenters. The molecule has 2 rings (SSSR count). The van der Waals surface area contributed by atoms with Crippen LogP contribution < -0.4 is 10.6 Å². The predicted molar refractivity (Wildman–Crippen MR) is 92.9 cm³/mol. The minimum Gasteiger partial charge on any atom is -0.324 e. The number of hydrogen-bond donors (Lipinski definition) is 2. The van der Waals surface area contributed by atoms with Gasteiger partial charge in [-0.05, 0) is 43.9 Å². The fourth-order valence-electron chi connectivity index (χ4n) is 2.86. The summed E-state index contributed by atoms with van der Waals surface area (Å²) in [5.41, 5.74) is 0.458. The lowest BCUT2D eigenvalue weighted by molar-refractivity contribution is -0.133. The number of carbonyl (C=O) groups is 3. The van der Waals surface area contributed by atoms with Gasteiger partial charge in [-0.1, -0.05) is 31.5 Å². The van der Waals surface area contributed by atoms with Gasteiger partial charge in [-0.15, -0.1) is 0 Å². The van der Waals surface area contributed by atoms with E-state index in [2.05, 4.69) is 10.6 Å². The van der Waals surface area contributed by atoms with E-state index in [1.54, 1.807) is 25.1 Å². The number of carbonyl (C=O) groups excluding carboxylic acids is 3. The Morgan fingerprint density at radius 2 is 2.04 bits per heavy atom. The SMILES string of the molecule is Cc1ccc(NC(=O)CN2C(=O)NC(C)(CC(C)C)C2=O)cc1Cl. The van der Waals surface area contributed by atoms with Gasteiger partial charge in [-0.25, -0.2) is 4.79 Å². The molecule has 1 aromatic carbocycles. The molecule has 1 aromatic rings. The predicted octanol–water partition coefficient (Wildman–Crippen LogP) is 2.94. The monoisotopic (exact) mass is 351 g/mol. The summed E-state index contributed by atoms with van der Waals surface area (Å²) in [4.78, 5) is 37.7. The zero-order valence-electron chi connectivity index (χ0n) is 14.3. The van der Waals surface area contributed by atoms with Crippen molar-refractivity contribution >= 4 is 35.1 Å². The molecule has 0 bridgehead atoms. The smallest absolute Gasteiger partial charge is 0.324 e. The summed E-state index contributed by atoms with van der Waals surface area (Å²) in [6.45, 7) is 7.16. The van der Waals surface area contributed by atoms with Gasteiger partial charge < -0.3 is 10.6 Å². The molecule has 0 aromatic heterocycles. The molecule has 1 aliphatic heterocycles. The molecule has 1 unspecified atom stereocenters. The van der Waals surface area contributed by atoms with Crippen molar-refractivity contribution in [3.8, 4) is 0 Å². The van der Waals surface area contributed by atoms with Crippen molar-refractivity contribution < 1.29 is 14.4 Å². The number of nitrogens with zero attached hydrogens (tertiary/aromatic N) is 1. The zero-order chi connectivity index (χ0) is 18.1. The van der Waals surface area contributed by atoms with Crippen molar-refractivity contribution in [3.63, 3.8) is 0 Å². The lowest BCUT2D eigenvalue weighted by atomic mass is 9.91. The first-order chi connectivity index (χ1) is 11.1. The van der Waals surface area contributed by atoms with Crippen LogP contribution in [0.2, 0.25) is 5.02 Å². The summed E-state index contributed by atoms with van der Waals surface area (Å²) < 4.78 is 0. The van der Waals surface area contributed by atoms with E-state index in [1.165, 1.54) is 0 Å².